The van der Waals surface area contributed by atoms with Gasteiger partial charge in [-0.3, -0.25) is 9.59 Å². The molecule has 2 N–H and O–H groups in total. The van der Waals surface area contributed by atoms with Crippen LogP contribution in [0.4, 0.5) is 0 Å². The SMILES string of the molecule is CCC(C(=O)NC1CCCCC1O)N1CCCC1=O. The van der Waals surface area contributed by atoms with Gasteiger partial charge in [-0.2, -0.15) is 0 Å². The standard InChI is InChI=1S/C14H24N2O3/c1-2-11(16-9-5-8-13(16)18)14(19)15-10-6-3-4-7-12(10)17/h10-12,17H,2-9H2,1H3,(H,15,19). The number of nitrogens with zero attached hydrogens (tertiary/aromatic N) is 1. The molecule has 2 rings (SSSR count). The molecule has 2 aliphatic rings. The second-order valence-electron chi connectivity index (χ2n) is 5.58. The Kier molecular flexibility index (Phi) is 4.80. The number of nitrogens with one attached hydrogen (secondary N) is 1. The summed E-state index contributed by atoms with van der Waals surface area (Å²) in [6, 6.07) is -0.517. The predicted octanol–water partition coefficient (Wildman–Crippen LogP) is 0.807. The van der Waals surface area contributed by atoms with Crippen LogP contribution in [0, 0.1) is 0 Å². The van der Waals surface area contributed by atoms with Gasteiger partial charge in [-0.25, -0.2) is 0 Å². The molecular formula is C14H24N2O3. The first-order valence-electron chi connectivity index (χ1n) is 7.41. The van der Waals surface area contributed by atoms with E-state index in [-0.39, 0.29) is 23.9 Å². The zero-order valence-electron chi connectivity index (χ0n) is 11.6. The Morgan fingerprint density at radius 3 is 2.74 bits per heavy atom. The van der Waals surface area contributed by atoms with E-state index < -0.39 is 6.10 Å². The van der Waals surface area contributed by atoms with Crippen molar-refractivity contribution in [2.75, 3.05) is 6.54 Å². The zero-order valence-corrected chi connectivity index (χ0v) is 11.6. The van der Waals surface area contributed by atoms with Crippen molar-refractivity contribution in [3.05, 3.63) is 0 Å². The van der Waals surface area contributed by atoms with Gasteiger partial charge in [0.25, 0.3) is 0 Å². The third-order valence-electron chi connectivity index (χ3n) is 4.23. The van der Waals surface area contributed by atoms with Crippen molar-refractivity contribution in [1.82, 2.24) is 10.2 Å². The molecule has 0 radical (unpaired) electrons. The van der Waals surface area contributed by atoms with Crippen LogP contribution in [0.5, 0.6) is 0 Å². The number of aliphatic hydroxyl groups excluding tert-OH is 1. The second-order valence-corrected chi connectivity index (χ2v) is 5.58. The molecule has 1 aliphatic carbocycles. The second kappa shape index (κ2) is 6.37. The van der Waals surface area contributed by atoms with Gasteiger partial charge in [0.1, 0.15) is 6.04 Å². The van der Waals surface area contributed by atoms with Crippen LogP contribution < -0.4 is 5.32 Å². The van der Waals surface area contributed by atoms with E-state index in [2.05, 4.69) is 5.32 Å². The molecule has 2 amide bonds. The molecule has 0 bridgehead atoms. The zero-order chi connectivity index (χ0) is 13.8. The van der Waals surface area contributed by atoms with Crippen LogP contribution in [0.3, 0.4) is 0 Å². The van der Waals surface area contributed by atoms with Crippen LogP contribution in [0.25, 0.3) is 0 Å². The fraction of sp³-hybridized carbons (Fsp3) is 0.857. The average molecular weight is 268 g/mol. The van der Waals surface area contributed by atoms with E-state index >= 15 is 0 Å². The molecule has 3 atom stereocenters. The number of carbonyl (C=O) groups excluding carboxylic acids is 2. The highest BCUT2D eigenvalue weighted by Crippen LogP contribution is 2.20. The van der Waals surface area contributed by atoms with Gasteiger partial charge in [-0.15, -0.1) is 0 Å². The number of likely N-dealkylation sites (tertiary alicyclic amines) is 1. The van der Waals surface area contributed by atoms with Gasteiger partial charge in [0.15, 0.2) is 0 Å². The van der Waals surface area contributed by atoms with Gasteiger partial charge in [0, 0.05) is 13.0 Å². The minimum absolute atomic E-state index is 0.0752. The molecular weight excluding hydrogens is 244 g/mol. The number of amides is 2. The minimum atomic E-state index is -0.440. The Morgan fingerprint density at radius 2 is 2.16 bits per heavy atom. The van der Waals surface area contributed by atoms with E-state index in [1.165, 1.54) is 0 Å². The summed E-state index contributed by atoms with van der Waals surface area (Å²) in [5.74, 6) is -0.0325. The minimum Gasteiger partial charge on any atom is -0.391 e. The Balaban J connectivity index is 1.94. The Hall–Kier alpha value is -1.10. The highest BCUT2D eigenvalue weighted by atomic mass is 16.3. The van der Waals surface area contributed by atoms with Gasteiger partial charge in [0.05, 0.1) is 12.1 Å². The maximum Gasteiger partial charge on any atom is 0.243 e. The molecule has 3 unspecified atom stereocenters. The molecule has 0 aromatic rings. The van der Waals surface area contributed by atoms with E-state index in [4.69, 9.17) is 0 Å². The first-order chi connectivity index (χ1) is 9.13. The van der Waals surface area contributed by atoms with Crippen LogP contribution in [0.1, 0.15) is 51.9 Å². The van der Waals surface area contributed by atoms with Crippen LogP contribution >= 0.6 is 0 Å². The topological polar surface area (TPSA) is 69.6 Å². The summed E-state index contributed by atoms with van der Waals surface area (Å²) in [6.45, 7) is 2.60. The lowest BCUT2D eigenvalue weighted by Crippen LogP contribution is -2.53. The summed E-state index contributed by atoms with van der Waals surface area (Å²) in [4.78, 5) is 25.7. The van der Waals surface area contributed by atoms with E-state index in [1.807, 2.05) is 6.92 Å². The number of aliphatic hydroxyl groups is 1. The molecule has 5 nitrogen and oxygen atoms in total. The summed E-state index contributed by atoms with van der Waals surface area (Å²) >= 11 is 0. The molecule has 1 aliphatic heterocycles. The quantitative estimate of drug-likeness (QED) is 0.792. The molecule has 1 saturated heterocycles. The Bertz CT molecular complexity index is 346. The molecule has 1 heterocycles. The first kappa shape index (κ1) is 14.3. The van der Waals surface area contributed by atoms with Gasteiger partial charge in [-0.05, 0) is 25.7 Å². The highest BCUT2D eigenvalue weighted by Gasteiger charge is 2.33. The Labute approximate surface area is 114 Å². The lowest BCUT2D eigenvalue weighted by Gasteiger charge is -2.32. The van der Waals surface area contributed by atoms with Crippen LogP contribution in [-0.4, -0.2) is 46.6 Å². The third-order valence-corrected chi connectivity index (χ3v) is 4.23. The predicted molar refractivity (Wildman–Crippen MR) is 71.4 cm³/mol. The summed E-state index contributed by atoms with van der Waals surface area (Å²) in [6.07, 6.45) is 5.23. The van der Waals surface area contributed by atoms with Crippen LogP contribution in [0.15, 0.2) is 0 Å². The largest absolute Gasteiger partial charge is 0.391 e. The van der Waals surface area contributed by atoms with Crippen LogP contribution in [-0.2, 0) is 9.59 Å². The molecule has 19 heavy (non-hydrogen) atoms. The maximum absolute atomic E-state index is 12.3. The molecule has 0 spiro atoms. The fourth-order valence-electron chi connectivity index (χ4n) is 3.10. The summed E-state index contributed by atoms with van der Waals surface area (Å²) < 4.78 is 0. The fourth-order valence-corrected chi connectivity index (χ4v) is 3.10. The molecule has 1 saturated carbocycles. The van der Waals surface area contributed by atoms with Gasteiger partial charge in [0.2, 0.25) is 11.8 Å². The van der Waals surface area contributed by atoms with Crippen molar-refractivity contribution in [3.8, 4) is 0 Å². The monoisotopic (exact) mass is 268 g/mol. The van der Waals surface area contributed by atoms with Crippen molar-refractivity contribution >= 4 is 11.8 Å². The first-order valence-corrected chi connectivity index (χ1v) is 7.41. The summed E-state index contributed by atoms with van der Waals surface area (Å²) in [5.41, 5.74) is 0. The molecule has 108 valence electrons. The van der Waals surface area contributed by atoms with Crippen molar-refractivity contribution in [2.45, 2.75) is 70.1 Å². The third kappa shape index (κ3) is 3.26. The molecule has 2 fully saturated rings. The molecule has 5 heteroatoms. The summed E-state index contributed by atoms with van der Waals surface area (Å²) in [7, 11) is 0. The number of rotatable bonds is 4. The van der Waals surface area contributed by atoms with Crippen LogP contribution in [0.2, 0.25) is 0 Å². The molecule has 0 aromatic carbocycles. The van der Waals surface area contributed by atoms with Gasteiger partial charge in [-0.1, -0.05) is 19.8 Å². The van der Waals surface area contributed by atoms with E-state index in [9.17, 15) is 14.7 Å². The average Bonchev–Trinajstić information content (AvgIpc) is 2.80. The molecule has 0 aromatic heterocycles. The lowest BCUT2D eigenvalue weighted by molar-refractivity contribution is -0.138. The highest BCUT2D eigenvalue weighted by molar-refractivity contribution is 5.88. The number of carbonyl (C=O) groups is 2. The van der Waals surface area contributed by atoms with Crippen molar-refractivity contribution < 1.29 is 14.7 Å². The van der Waals surface area contributed by atoms with Crippen molar-refractivity contribution in [3.63, 3.8) is 0 Å². The van der Waals surface area contributed by atoms with E-state index in [0.717, 1.165) is 32.1 Å². The van der Waals surface area contributed by atoms with Crippen molar-refractivity contribution in [2.24, 2.45) is 0 Å². The normalized spacial score (nSPS) is 29.4. The Morgan fingerprint density at radius 1 is 1.42 bits per heavy atom. The smallest absolute Gasteiger partial charge is 0.243 e. The van der Waals surface area contributed by atoms with Gasteiger partial charge < -0.3 is 15.3 Å². The number of hydrogen-bond donors (Lipinski definition) is 2. The maximum atomic E-state index is 12.3. The van der Waals surface area contributed by atoms with Crippen molar-refractivity contribution in [1.29, 1.82) is 0 Å². The number of hydrogen-bond acceptors (Lipinski definition) is 3. The lowest BCUT2D eigenvalue weighted by atomic mass is 9.92. The summed E-state index contributed by atoms with van der Waals surface area (Å²) in [5, 5.41) is 12.8. The van der Waals surface area contributed by atoms with Gasteiger partial charge >= 0.3 is 0 Å². The van der Waals surface area contributed by atoms with E-state index in [0.29, 0.717) is 19.4 Å². The van der Waals surface area contributed by atoms with E-state index in [1.54, 1.807) is 4.90 Å².